The van der Waals surface area contributed by atoms with Crippen molar-refractivity contribution in [3.63, 3.8) is 0 Å². The molecule has 3 heteroatoms. The van der Waals surface area contributed by atoms with E-state index in [0.29, 0.717) is 0 Å². The van der Waals surface area contributed by atoms with Crippen molar-refractivity contribution in [1.29, 1.82) is 0 Å². The Balaban J connectivity index is 1.98. The molecule has 1 heterocycles. The molecule has 0 atom stereocenters. The Morgan fingerprint density at radius 3 is 2.36 bits per heavy atom. The first-order valence-corrected chi connectivity index (χ1v) is 7.60. The van der Waals surface area contributed by atoms with Crippen molar-refractivity contribution in [2.24, 2.45) is 0 Å². The molecular weight excluding hydrogens is 274 g/mol. The Bertz CT molecular complexity index is 705. The second kappa shape index (κ2) is 6.22. The van der Waals surface area contributed by atoms with Crippen molar-refractivity contribution in [2.45, 2.75) is 19.9 Å². The summed E-state index contributed by atoms with van der Waals surface area (Å²) < 4.78 is 13.3. The van der Waals surface area contributed by atoms with Gasteiger partial charge >= 0.3 is 0 Å². The molecule has 0 spiro atoms. The first-order chi connectivity index (χ1) is 10.7. The molecule has 0 unspecified atom stereocenters. The number of nitrogens with zero attached hydrogens (tertiary/aromatic N) is 1. The fourth-order valence-electron chi connectivity index (χ4n) is 3.06. The third-order valence-electron chi connectivity index (χ3n) is 4.34. The van der Waals surface area contributed by atoms with E-state index in [4.69, 9.17) is 9.47 Å². The summed E-state index contributed by atoms with van der Waals surface area (Å²) in [4.78, 5) is 0. The molecule has 1 aliphatic heterocycles. The van der Waals surface area contributed by atoms with E-state index in [0.717, 1.165) is 31.0 Å². The van der Waals surface area contributed by atoms with E-state index in [-0.39, 0.29) is 0 Å². The molecule has 1 aliphatic rings. The molecule has 3 nitrogen and oxygen atoms in total. The Morgan fingerprint density at radius 1 is 1.00 bits per heavy atom. The van der Waals surface area contributed by atoms with E-state index >= 15 is 0 Å². The molecule has 3 rings (SSSR count). The summed E-state index contributed by atoms with van der Waals surface area (Å²) in [6.45, 7) is 4.16. The van der Waals surface area contributed by atoms with Crippen LogP contribution in [0.25, 0.3) is 0 Å². The maximum Gasteiger partial charge on any atom is 0.180 e. The minimum absolute atomic E-state index is 0.794. The topological polar surface area (TPSA) is 21.5 Å². The summed E-state index contributed by atoms with van der Waals surface area (Å²) in [7, 11) is 3.37. The molecule has 0 saturated heterocycles. The van der Waals surface area contributed by atoms with Crippen LogP contribution >= 0.6 is 0 Å². The number of benzene rings is 2. The van der Waals surface area contributed by atoms with Gasteiger partial charge in [0.1, 0.15) is 6.54 Å². The highest BCUT2D eigenvalue weighted by atomic mass is 16.5. The van der Waals surface area contributed by atoms with Gasteiger partial charge in [-0.3, -0.25) is 0 Å². The average Bonchev–Trinajstić information content (AvgIpc) is 2.57. The van der Waals surface area contributed by atoms with E-state index in [9.17, 15) is 0 Å². The Kier molecular flexibility index (Phi) is 4.14. The SMILES string of the molecule is COc1cc2c(cc1OC)C(C)=[N+](Cc1ccccc1)CC2. The molecule has 0 saturated carbocycles. The van der Waals surface area contributed by atoms with Gasteiger partial charge in [-0.15, -0.1) is 0 Å². The van der Waals surface area contributed by atoms with E-state index in [1.54, 1.807) is 14.2 Å². The number of ether oxygens (including phenoxy) is 2. The standard InChI is InChI=1S/C19H22NO2/c1-14-17-12-19(22-3)18(21-2)11-16(17)9-10-20(14)13-15-7-5-4-6-8-15/h4-8,11-12H,9-10,13H2,1-3H3/q+1. The second-order valence-electron chi connectivity index (χ2n) is 5.61. The van der Waals surface area contributed by atoms with Crippen LogP contribution in [0.2, 0.25) is 0 Å². The zero-order valence-electron chi connectivity index (χ0n) is 13.4. The molecule has 0 bridgehead atoms. The van der Waals surface area contributed by atoms with Gasteiger partial charge in [0.05, 0.1) is 14.2 Å². The van der Waals surface area contributed by atoms with Crippen molar-refractivity contribution < 1.29 is 14.0 Å². The van der Waals surface area contributed by atoms with Crippen LogP contribution in [0.3, 0.4) is 0 Å². The first-order valence-electron chi connectivity index (χ1n) is 7.60. The first kappa shape index (κ1) is 14.6. The quantitative estimate of drug-likeness (QED) is 0.808. The third-order valence-corrected chi connectivity index (χ3v) is 4.34. The number of rotatable bonds is 4. The van der Waals surface area contributed by atoms with E-state index in [1.807, 2.05) is 0 Å². The Morgan fingerprint density at radius 2 is 1.68 bits per heavy atom. The van der Waals surface area contributed by atoms with Crippen LogP contribution in [-0.2, 0) is 13.0 Å². The van der Waals surface area contributed by atoms with Gasteiger partial charge in [0.15, 0.2) is 23.8 Å². The molecule has 0 amide bonds. The van der Waals surface area contributed by atoms with E-state index < -0.39 is 0 Å². The van der Waals surface area contributed by atoms with E-state index in [2.05, 4.69) is 54.0 Å². The minimum Gasteiger partial charge on any atom is -0.493 e. The smallest absolute Gasteiger partial charge is 0.180 e. The monoisotopic (exact) mass is 296 g/mol. The van der Waals surface area contributed by atoms with Crippen LogP contribution in [0.15, 0.2) is 42.5 Å². The third kappa shape index (κ3) is 2.71. The van der Waals surface area contributed by atoms with Crippen molar-refractivity contribution in [3.05, 3.63) is 59.2 Å². The maximum atomic E-state index is 5.45. The van der Waals surface area contributed by atoms with Gasteiger partial charge in [0.2, 0.25) is 0 Å². The summed E-state index contributed by atoms with van der Waals surface area (Å²) >= 11 is 0. The summed E-state index contributed by atoms with van der Waals surface area (Å²) in [5, 5.41) is 0. The van der Waals surface area contributed by atoms with Crippen molar-refractivity contribution >= 4 is 5.71 Å². The van der Waals surface area contributed by atoms with Crippen LogP contribution in [0.1, 0.15) is 23.6 Å². The van der Waals surface area contributed by atoms with Crippen molar-refractivity contribution in [1.82, 2.24) is 0 Å². The highest BCUT2D eigenvalue weighted by Gasteiger charge is 2.24. The normalized spacial score (nSPS) is 13.8. The molecule has 22 heavy (non-hydrogen) atoms. The average molecular weight is 296 g/mol. The fraction of sp³-hybridized carbons (Fsp3) is 0.316. The van der Waals surface area contributed by atoms with Gasteiger partial charge in [0, 0.05) is 24.5 Å². The van der Waals surface area contributed by atoms with Gasteiger partial charge in [-0.2, -0.15) is 0 Å². The predicted octanol–water partition coefficient (Wildman–Crippen LogP) is 3.28. The minimum atomic E-state index is 0.794. The summed E-state index contributed by atoms with van der Waals surface area (Å²) in [6, 6.07) is 14.8. The van der Waals surface area contributed by atoms with Crippen LogP contribution in [0.5, 0.6) is 11.5 Å². The van der Waals surface area contributed by atoms with Crippen LogP contribution in [-0.4, -0.2) is 31.1 Å². The predicted molar refractivity (Wildman–Crippen MR) is 88.3 cm³/mol. The molecule has 2 aromatic carbocycles. The van der Waals surface area contributed by atoms with Crippen molar-refractivity contribution in [3.8, 4) is 11.5 Å². The Hall–Kier alpha value is -2.29. The molecule has 0 aliphatic carbocycles. The molecule has 0 fully saturated rings. The largest absolute Gasteiger partial charge is 0.493 e. The zero-order chi connectivity index (χ0) is 15.5. The van der Waals surface area contributed by atoms with E-state index in [1.165, 1.54) is 22.4 Å². The molecule has 0 N–H and O–H groups in total. The van der Waals surface area contributed by atoms with Gasteiger partial charge in [0.25, 0.3) is 0 Å². The molecule has 0 radical (unpaired) electrons. The van der Waals surface area contributed by atoms with Crippen LogP contribution < -0.4 is 9.47 Å². The highest BCUT2D eigenvalue weighted by molar-refractivity contribution is 5.97. The number of methoxy groups -OCH3 is 2. The van der Waals surface area contributed by atoms with Crippen LogP contribution in [0.4, 0.5) is 0 Å². The lowest BCUT2D eigenvalue weighted by Crippen LogP contribution is -2.28. The lowest BCUT2D eigenvalue weighted by molar-refractivity contribution is -0.545. The maximum absolute atomic E-state index is 5.45. The van der Waals surface area contributed by atoms with Crippen LogP contribution in [0, 0.1) is 0 Å². The zero-order valence-corrected chi connectivity index (χ0v) is 13.4. The van der Waals surface area contributed by atoms with Gasteiger partial charge in [-0.1, -0.05) is 30.3 Å². The lowest BCUT2D eigenvalue weighted by atomic mass is 9.96. The lowest BCUT2D eigenvalue weighted by Gasteiger charge is -2.19. The van der Waals surface area contributed by atoms with Gasteiger partial charge in [-0.05, 0) is 17.7 Å². The molecular formula is C19H22NO2+. The van der Waals surface area contributed by atoms with Gasteiger partial charge in [-0.25, -0.2) is 4.58 Å². The number of hydrogen-bond acceptors (Lipinski definition) is 2. The number of hydrogen-bond donors (Lipinski definition) is 0. The number of fused-ring (bicyclic) bond motifs is 1. The fourth-order valence-corrected chi connectivity index (χ4v) is 3.06. The summed E-state index contributed by atoms with van der Waals surface area (Å²) in [5.74, 6) is 1.60. The summed E-state index contributed by atoms with van der Waals surface area (Å²) in [6.07, 6.45) is 1.03. The highest BCUT2D eigenvalue weighted by Crippen LogP contribution is 2.32. The Labute approximate surface area is 131 Å². The summed E-state index contributed by atoms with van der Waals surface area (Å²) in [5.41, 5.74) is 5.23. The van der Waals surface area contributed by atoms with Crippen molar-refractivity contribution in [2.75, 3.05) is 20.8 Å². The molecule has 2 aromatic rings. The second-order valence-corrected chi connectivity index (χ2v) is 5.61. The molecule has 0 aromatic heterocycles. The molecule has 114 valence electrons. The van der Waals surface area contributed by atoms with Gasteiger partial charge < -0.3 is 9.47 Å².